The van der Waals surface area contributed by atoms with Crippen LogP contribution in [-0.2, 0) is 9.59 Å². The van der Waals surface area contributed by atoms with E-state index in [0.29, 0.717) is 19.3 Å². The van der Waals surface area contributed by atoms with Gasteiger partial charge in [-0.05, 0) is 19.3 Å². The van der Waals surface area contributed by atoms with E-state index in [1.165, 1.54) is 263 Å². The van der Waals surface area contributed by atoms with Crippen molar-refractivity contribution in [1.82, 2.24) is 0 Å². The summed E-state index contributed by atoms with van der Waals surface area (Å²) in [6.45, 7) is 2.29. The van der Waals surface area contributed by atoms with E-state index in [9.17, 15) is 19.8 Å². The van der Waals surface area contributed by atoms with Gasteiger partial charge in [0, 0.05) is 6.42 Å². The Bertz CT molecular complexity index is 845. The van der Waals surface area contributed by atoms with Crippen molar-refractivity contribution in [3.05, 3.63) is 0 Å². The molecule has 0 aromatic rings. The molecule has 0 aliphatic heterocycles. The number of rotatable bonds is 53. The number of aliphatic hydroxyl groups excluding tert-OH is 1. The molecule has 0 bridgehead atoms. The smallest absolute Gasteiger partial charge is 0.309 e. The average Bonchev–Trinajstić information content (AvgIpc) is 3.23. The van der Waals surface area contributed by atoms with Gasteiger partial charge in [0.15, 0.2) is 0 Å². The third-order valence-corrected chi connectivity index (χ3v) is 13.5. The Morgan fingerprint density at radius 3 is 0.717 bits per heavy atom. The van der Waals surface area contributed by atoms with Crippen LogP contribution in [0.4, 0.5) is 0 Å². The van der Waals surface area contributed by atoms with E-state index in [-0.39, 0.29) is 0 Å². The minimum Gasteiger partial charge on any atom is -0.481 e. The first-order chi connectivity index (χ1) is 29.5. The molecule has 0 saturated carbocycles. The summed E-state index contributed by atoms with van der Waals surface area (Å²) in [5.74, 6) is -2.05. The predicted molar refractivity (Wildman–Crippen MR) is 261 cm³/mol. The second-order valence-electron chi connectivity index (χ2n) is 19.5. The molecule has 3 N–H and O–H groups in total. The van der Waals surface area contributed by atoms with Crippen LogP contribution in [0.3, 0.4) is 0 Å². The van der Waals surface area contributed by atoms with E-state index in [0.717, 1.165) is 38.5 Å². The maximum Gasteiger partial charge on any atom is 0.309 e. The number of carbonyl (C=O) groups is 2. The van der Waals surface area contributed by atoms with Crippen molar-refractivity contribution in [3.8, 4) is 0 Å². The van der Waals surface area contributed by atoms with Crippen molar-refractivity contribution in [2.45, 2.75) is 334 Å². The van der Waals surface area contributed by atoms with Gasteiger partial charge in [-0.25, -0.2) is 0 Å². The van der Waals surface area contributed by atoms with Gasteiger partial charge in [0.05, 0.1) is 12.0 Å². The Hall–Kier alpha value is -1.10. The predicted octanol–water partition coefficient (Wildman–Crippen LogP) is 18.7. The lowest BCUT2D eigenvalue weighted by molar-refractivity contribution is -0.146. The zero-order chi connectivity index (χ0) is 43.7. The van der Waals surface area contributed by atoms with Crippen molar-refractivity contribution in [2.24, 2.45) is 5.92 Å². The van der Waals surface area contributed by atoms with Crippen molar-refractivity contribution >= 4 is 11.9 Å². The van der Waals surface area contributed by atoms with E-state index in [1.54, 1.807) is 0 Å². The third-order valence-electron chi connectivity index (χ3n) is 13.5. The fraction of sp³-hybridized carbons (Fsp3) is 0.964. The highest BCUT2D eigenvalue weighted by Gasteiger charge is 2.25. The van der Waals surface area contributed by atoms with E-state index < -0.39 is 24.0 Å². The highest BCUT2D eigenvalue weighted by atomic mass is 16.4. The van der Waals surface area contributed by atoms with Gasteiger partial charge < -0.3 is 15.3 Å². The molecule has 2 unspecified atom stereocenters. The quantitative estimate of drug-likeness (QED) is 0.0530. The molecule has 5 nitrogen and oxygen atoms in total. The molecule has 0 radical (unpaired) electrons. The molecule has 0 aliphatic carbocycles. The number of hydrogen-bond acceptors (Lipinski definition) is 3. The Kier molecular flexibility index (Phi) is 49.6. The molecule has 0 amide bonds. The maximum absolute atomic E-state index is 11.9. The summed E-state index contributed by atoms with van der Waals surface area (Å²) in [7, 11) is 0. The van der Waals surface area contributed by atoms with Crippen LogP contribution < -0.4 is 0 Å². The second-order valence-corrected chi connectivity index (χ2v) is 19.5. The molecule has 0 aromatic carbocycles. The maximum atomic E-state index is 11.9. The standard InChI is InChI=1S/C55H108O5/c1-2-3-4-5-6-7-8-9-10-11-25-28-31-34-37-40-43-46-49-52(55(59)60)53(56)50-47-44-41-38-35-32-29-26-23-21-19-17-15-13-12-14-16-18-20-22-24-27-30-33-36-39-42-45-48-51-54(57)58/h52-53,56H,2-51H2,1H3,(H,57,58)(H,59,60). The molecule has 60 heavy (non-hydrogen) atoms. The van der Waals surface area contributed by atoms with E-state index in [2.05, 4.69) is 6.92 Å². The van der Waals surface area contributed by atoms with Crippen LogP contribution in [-0.4, -0.2) is 33.4 Å². The van der Waals surface area contributed by atoms with Gasteiger partial charge in [-0.3, -0.25) is 9.59 Å². The SMILES string of the molecule is CCCCCCCCCCCCCCCCCCCCC(C(=O)O)C(O)CCCCCCCCCCCCCCCCCCCCCCCCCCCCCCCC(=O)O. The molecular weight excluding hydrogens is 741 g/mol. The number of aliphatic hydroxyl groups is 1. The summed E-state index contributed by atoms with van der Waals surface area (Å²) >= 11 is 0. The number of carboxylic acids is 2. The number of hydrogen-bond donors (Lipinski definition) is 3. The van der Waals surface area contributed by atoms with Crippen molar-refractivity contribution in [1.29, 1.82) is 0 Å². The highest BCUT2D eigenvalue weighted by molar-refractivity contribution is 5.70. The largest absolute Gasteiger partial charge is 0.481 e. The van der Waals surface area contributed by atoms with Gasteiger partial charge in [-0.2, -0.15) is 0 Å². The zero-order valence-corrected chi connectivity index (χ0v) is 40.7. The first-order valence-electron chi connectivity index (χ1n) is 27.6. The van der Waals surface area contributed by atoms with Gasteiger partial charge in [-0.1, -0.05) is 302 Å². The minimum atomic E-state index is -0.808. The van der Waals surface area contributed by atoms with Gasteiger partial charge >= 0.3 is 11.9 Å². The summed E-state index contributed by atoms with van der Waals surface area (Å²) in [6.07, 6.45) is 63.3. The average molecular weight is 849 g/mol. The van der Waals surface area contributed by atoms with Crippen molar-refractivity contribution < 1.29 is 24.9 Å². The molecule has 358 valence electrons. The Balaban J connectivity index is 3.37. The summed E-state index contributed by atoms with van der Waals surface area (Å²) in [5.41, 5.74) is 0. The van der Waals surface area contributed by atoms with Gasteiger partial charge in [-0.15, -0.1) is 0 Å². The summed E-state index contributed by atoms with van der Waals surface area (Å²) in [4.78, 5) is 22.4. The van der Waals surface area contributed by atoms with Crippen LogP contribution in [0.5, 0.6) is 0 Å². The summed E-state index contributed by atoms with van der Waals surface area (Å²) in [5, 5.41) is 29.1. The van der Waals surface area contributed by atoms with Crippen molar-refractivity contribution in [2.75, 3.05) is 0 Å². The minimum absolute atomic E-state index is 0.335. The topological polar surface area (TPSA) is 94.8 Å². The van der Waals surface area contributed by atoms with Crippen LogP contribution in [0.15, 0.2) is 0 Å². The molecule has 2 atom stereocenters. The third kappa shape index (κ3) is 47.9. The number of carboxylic acid groups (broad SMARTS) is 2. The molecule has 5 heteroatoms. The number of aliphatic carboxylic acids is 2. The van der Waals surface area contributed by atoms with Crippen molar-refractivity contribution in [3.63, 3.8) is 0 Å². The molecule has 0 fully saturated rings. The fourth-order valence-electron chi connectivity index (χ4n) is 9.35. The van der Waals surface area contributed by atoms with E-state index >= 15 is 0 Å². The molecule has 0 aliphatic rings. The summed E-state index contributed by atoms with van der Waals surface area (Å²) in [6, 6.07) is 0. The van der Waals surface area contributed by atoms with Gasteiger partial charge in [0.2, 0.25) is 0 Å². The lowest BCUT2D eigenvalue weighted by atomic mass is 9.91. The lowest BCUT2D eigenvalue weighted by Crippen LogP contribution is -2.28. The normalized spacial score (nSPS) is 12.6. The Labute approximate surface area is 375 Å². The molecular formula is C55H108O5. The molecule has 0 spiro atoms. The first-order valence-corrected chi connectivity index (χ1v) is 27.6. The van der Waals surface area contributed by atoms with Gasteiger partial charge in [0.1, 0.15) is 0 Å². The van der Waals surface area contributed by atoms with Crippen LogP contribution in [0.2, 0.25) is 0 Å². The molecule has 0 rings (SSSR count). The van der Waals surface area contributed by atoms with E-state index in [1.807, 2.05) is 0 Å². The molecule has 0 aromatic heterocycles. The summed E-state index contributed by atoms with van der Waals surface area (Å²) < 4.78 is 0. The Morgan fingerprint density at radius 1 is 0.300 bits per heavy atom. The fourth-order valence-corrected chi connectivity index (χ4v) is 9.35. The zero-order valence-electron chi connectivity index (χ0n) is 40.7. The monoisotopic (exact) mass is 849 g/mol. The van der Waals surface area contributed by atoms with Crippen LogP contribution in [0.1, 0.15) is 328 Å². The van der Waals surface area contributed by atoms with Crippen LogP contribution in [0, 0.1) is 5.92 Å². The van der Waals surface area contributed by atoms with Crippen LogP contribution in [0.25, 0.3) is 0 Å². The number of unbranched alkanes of at least 4 members (excludes halogenated alkanes) is 45. The van der Waals surface area contributed by atoms with E-state index in [4.69, 9.17) is 5.11 Å². The van der Waals surface area contributed by atoms with Crippen LogP contribution >= 0.6 is 0 Å². The first kappa shape index (κ1) is 58.9. The molecule has 0 heterocycles. The highest BCUT2D eigenvalue weighted by Crippen LogP contribution is 2.22. The Morgan fingerprint density at radius 2 is 0.500 bits per heavy atom. The van der Waals surface area contributed by atoms with Gasteiger partial charge in [0.25, 0.3) is 0 Å². The lowest BCUT2D eigenvalue weighted by Gasteiger charge is -2.19. The second kappa shape index (κ2) is 50.5. The molecule has 0 saturated heterocycles.